The summed E-state index contributed by atoms with van der Waals surface area (Å²) in [5.74, 6) is -0.242. The molecule has 2 heterocycles. The lowest BCUT2D eigenvalue weighted by Crippen LogP contribution is -2.57. The molecule has 24 heavy (non-hydrogen) atoms. The first-order chi connectivity index (χ1) is 11.3. The second-order valence-electron chi connectivity index (χ2n) is 6.32. The van der Waals surface area contributed by atoms with Gasteiger partial charge in [0.2, 0.25) is 0 Å². The molecule has 0 unspecified atom stereocenters. The maximum Gasteiger partial charge on any atom is 0.257 e. The van der Waals surface area contributed by atoms with Gasteiger partial charge in [-0.15, -0.1) is 0 Å². The van der Waals surface area contributed by atoms with Crippen LogP contribution in [-0.4, -0.2) is 50.5 Å². The number of rotatable bonds is 3. The highest BCUT2D eigenvalue weighted by Gasteiger charge is 2.41. The van der Waals surface area contributed by atoms with Crippen LogP contribution < -0.4 is 4.74 Å². The van der Waals surface area contributed by atoms with Crippen LogP contribution in [-0.2, 0) is 7.05 Å². The Morgan fingerprint density at radius 1 is 1.50 bits per heavy atom. The van der Waals surface area contributed by atoms with Crippen molar-refractivity contribution in [3.05, 3.63) is 48.0 Å². The summed E-state index contributed by atoms with van der Waals surface area (Å²) >= 11 is 0. The molecule has 1 saturated heterocycles. The van der Waals surface area contributed by atoms with E-state index in [1.807, 2.05) is 0 Å². The number of carbonyl (C=O) groups is 1. The fourth-order valence-corrected chi connectivity index (χ4v) is 2.78. The van der Waals surface area contributed by atoms with Crippen LogP contribution in [0.1, 0.15) is 23.7 Å². The fourth-order valence-electron chi connectivity index (χ4n) is 2.78. The van der Waals surface area contributed by atoms with Crippen LogP contribution in [0.15, 0.2) is 36.7 Å². The van der Waals surface area contributed by atoms with Crippen LogP contribution in [0.4, 0.5) is 4.39 Å². The van der Waals surface area contributed by atoms with Crippen LogP contribution in [0.5, 0.6) is 5.75 Å². The number of halogens is 1. The normalized spacial score (nSPS) is 24.0. The van der Waals surface area contributed by atoms with E-state index in [4.69, 9.17) is 4.74 Å². The van der Waals surface area contributed by atoms with Gasteiger partial charge in [-0.25, -0.2) is 4.39 Å². The molecule has 1 aromatic heterocycles. The van der Waals surface area contributed by atoms with E-state index in [1.165, 1.54) is 18.3 Å². The van der Waals surface area contributed by atoms with E-state index in [1.54, 1.807) is 41.9 Å². The molecule has 1 aliphatic heterocycles. The number of ether oxygens (including phenoxy) is 1. The largest absolute Gasteiger partial charge is 0.485 e. The van der Waals surface area contributed by atoms with Gasteiger partial charge in [-0.05, 0) is 25.5 Å². The Bertz CT molecular complexity index is 744. The zero-order chi connectivity index (χ0) is 17.3. The highest BCUT2D eigenvalue weighted by atomic mass is 19.1. The minimum atomic E-state index is -1.10. The number of hydrogen-bond donors (Lipinski definition) is 1. The molecule has 1 aliphatic rings. The number of aliphatic hydroxyl groups is 1. The first-order valence-electron chi connectivity index (χ1n) is 7.78. The minimum absolute atomic E-state index is 0.161. The Balaban J connectivity index is 1.76. The van der Waals surface area contributed by atoms with Crippen LogP contribution in [0.25, 0.3) is 0 Å². The number of hydrogen-bond acceptors (Lipinski definition) is 4. The van der Waals surface area contributed by atoms with Gasteiger partial charge in [-0.1, -0.05) is 6.07 Å². The molecular formula is C17H20FN3O3. The molecular weight excluding hydrogens is 313 g/mol. The third kappa shape index (κ3) is 3.41. The highest BCUT2D eigenvalue weighted by Crippen LogP contribution is 2.27. The molecule has 128 valence electrons. The average Bonchev–Trinajstić information content (AvgIpc) is 2.95. The first kappa shape index (κ1) is 16.4. The van der Waals surface area contributed by atoms with Crippen LogP contribution >= 0.6 is 0 Å². The van der Waals surface area contributed by atoms with E-state index >= 15 is 0 Å². The summed E-state index contributed by atoms with van der Waals surface area (Å²) in [5, 5.41) is 14.6. The van der Waals surface area contributed by atoms with E-state index in [2.05, 4.69) is 5.10 Å². The lowest BCUT2D eigenvalue weighted by atomic mass is 9.90. The molecule has 2 atom stereocenters. The maximum atomic E-state index is 13.3. The van der Waals surface area contributed by atoms with Gasteiger partial charge in [-0.2, -0.15) is 5.10 Å². The standard InChI is InChI=1S/C17H20FN3O3/c1-17(23)6-7-21(16(22)12-9-19-20(2)10-12)11-15(17)24-14-5-3-4-13(18)8-14/h3-5,8-10,15,23H,6-7,11H2,1-2H3/t15-,17-/m1/s1. The summed E-state index contributed by atoms with van der Waals surface area (Å²) in [4.78, 5) is 14.2. The summed E-state index contributed by atoms with van der Waals surface area (Å²) in [5.41, 5.74) is -0.610. The van der Waals surface area contributed by atoms with Crippen molar-refractivity contribution in [1.29, 1.82) is 0 Å². The maximum absolute atomic E-state index is 13.3. The van der Waals surface area contributed by atoms with Crippen LogP contribution in [0, 0.1) is 5.82 Å². The minimum Gasteiger partial charge on any atom is -0.485 e. The molecule has 0 bridgehead atoms. The predicted molar refractivity (Wildman–Crippen MR) is 85.2 cm³/mol. The Morgan fingerprint density at radius 2 is 2.29 bits per heavy atom. The zero-order valence-corrected chi connectivity index (χ0v) is 13.6. The molecule has 6 nitrogen and oxygen atoms in total. The van der Waals surface area contributed by atoms with Crippen molar-refractivity contribution in [1.82, 2.24) is 14.7 Å². The van der Waals surface area contributed by atoms with Gasteiger partial charge in [0.15, 0.2) is 0 Å². The van der Waals surface area contributed by atoms with Crippen molar-refractivity contribution in [3.63, 3.8) is 0 Å². The highest BCUT2D eigenvalue weighted by molar-refractivity contribution is 5.93. The third-order valence-corrected chi connectivity index (χ3v) is 4.28. The number of carbonyl (C=O) groups excluding carboxylic acids is 1. The number of nitrogens with zero attached hydrogens (tertiary/aromatic N) is 3. The van der Waals surface area contributed by atoms with Crippen molar-refractivity contribution in [3.8, 4) is 5.75 Å². The molecule has 0 radical (unpaired) electrons. The number of piperidine rings is 1. The molecule has 0 saturated carbocycles. The molecule has 0 aliphatic carbocycles. The first-order valence-corrected chi connectivity index (χ1v) is 7.78. The van der Waals surface area contributed by atoms with Crippen molar-refractivity contribution >= 4 is 5.91 Å². The van der Waals surface area contributed by atoms with Crippen molar-refractivity contribution in [2.45, 2.75) is 25.0 Å². The van der Waals surface area contributed by atoms with Gasteiger partial charge in [0.05, 0.1) is 18.3 Å². The quantitative estimate of drug-likeness (QED) is 0.926. The topological polar surface area (TPSA) is 67.6 Å². The molecule has 1 aromatic carbocycles. The van der Waals surface area contributed by atoms with Gasteiger partial charge in [-0.3, -0.25) is 9.48 Å². The van der Waals surface area contributed by atoms with E-state index in [9.17, 15) is 14.3 Å². The van der Waals surface area contributed by atoms with Gasteiger partial charge in [0.25, 0.3) is 5.91 Å². The SMILES string of the molecule is Cn1cc(C(=O)N2CC[C@@](C)(O)[C@H](Oc3cccc(F)c3)C2)cn1. The Kier molecular flexibility index (Phi) is 4.28. The predicted octanol–water partition coefficient (Wildman–Crippen LogP) is 1.60. The lowest BCUT2D eigenvalue weighted by Gasteiger charge is -2.42. The van der Waals surface area contributed by atoms with E-state index in [0.717, 1.165) is 0 Å². The van der Waals surface area contributed by atoms with Gasteiger partial charge < -0.3 is 14.7 Å². The number of benzene rings is 1. The summed E-state index contributed by atoms with van der Waals surface area (Å²) < 4.78 is 20.7. The second kappa shape index (κ2) is 6.24. The van der Waals surface area contributed by atoms with E-state index < -0.39 is 17.5 Å². The number of amides is 1. The number of aromatic nitrogens is 2. The molecule has 3 rings (SSSR count). The summed E-state index contributed by atoms with van der Waals surface area (Å²) in [7, 11) is 1.74. The molecule has 0 spiro atoms. The fraction of sp³-hybridized carbons (Fsp3) is 0.412. The monoisotopic (exact) mass is 333 g/mol. The molecule has 1 fully saturated rings. The lowest BCUT2D eigenvalue weighted by molar-refractivity contribution is -0.0882. The van der Waals surface area contributed by atoms with Crippen molar-refractivity contribution in [2.24, 2.45) is 7.05 Å². The van der Waals surface area contributed by atoms with Crippen LogP contribution in [0.3, 0.4) is 0 Å². The third-order valence-electron chi connectivity index (χ3n) is 4.28. The number of aryl methyl sites for hydroxylation is 1. The summed E-state index contributed by atoms with van der Waals surface area (Å²) in [6, 6.07) is 5.75. The molecule has 1 N–H and O–H groups in total. The van der Waals surface area contributed by atoms with Crippen LogP contribution in [0.2, 0.25) is 0 Å². The van der Waals surface area contributed by atoms with Gasteiger partial charge >= 0.3 is 0 Å². The summed E-state index contributed by atoms with van der Waals surface area (Å²) in [6.45, 7) is 2.31. The smallest absolute Gasteiger partial charge is 0.257 e. The van der Waals surface area contributed by atoms with E-state index in [0.29, 0.717) is 24.3 Å². The van der Waals surface area contributed by atoms with Crippen molar-refractivity contribution in [2.75, 3.05) is 13.1 Å². The molecule has 7 heteroatoms. The zero-order valence-electron chi connectivity index (χ0n) is 13.6. The summed E-state index contributed by atoms with van der Waals surface area (Å²) in [6.07, 6.45) is 2.89. The molecule has 1 amide bonds. The van der Waals surface area contributed by atoms with Gasteiger partial charge in [0, 0.05) is 25.9 Å². The average molecular weight is 333 g/mol. The van der Waals surface area contributed by atoms with Gasteiger partial charge in [0.1, 0.15) is 23.3 Å². The second-order valence-corrected chi connectivity index (χ2v) is 6.32. The Hall–Kier alpha value is -2.41. The van der Waals surface area contributed by atoms with E-state index in [-0.39, 0.29) is 12.5 Å². The Morgan fingerprint density at radius 3 is 2.96 bits per heavy atom. The Labute approximate surface area is 139 Å². The molecule has 2 aromatic rings. The van der Waals surface area contributed by atoms with Crippen molar-refractivity contribution < 1.29 is 19.0 Å². The number of likely N-dealkylation sites (tertiary alicyclic amines) is 1.